The second-order valence-corrected chi connectivity index (χ2v) is 7.24. The van der Waals surface area contributed by atoms with Gasteiger partial charge in [-0.2, -0.15) is 5.26 Å². The summed E-state index contributed by atoms with van der Waals surface area (Å²) in [5.74, 6) is -0.210. The van der Waals surface area contributed by atoms with E-state index in [0.717, 1.165) is 36.4 Å². The second-order valence-electron chi connectivity index (χ2n) is 7.24. The summed E-state index contributed by atoms with van der Waals surface area (Å²) in [6.45, 7) is 7.81. The Bertz CT molecular complexity index is 870. The molecule has 2 aromatic rings. The Balaban J connectivity index is 1.57. The zero-order chi connectivity index (χ0) is 19.9. The van der Waals surface area contributed by atoms with Crippen LogP contribution in [0.3, 0.4) is 0 Å². The number of amides is 1. The molecular formula is C23H26N4O. The number of hydrogen-bond acceptors (Lipinski definition) is 4. The number of nitrogens with zero attached hydrogens (tertiary/aromatic N) is 3. The number of piperazine rings is 1. The van der Waals surface area contributed by atoms with Gasteiger partial charge < -0.3 is 10.2 Å². The molecule has 3 rings (SSSR count). The first-order chi connectivity index (χ1) is 13.5. The largest absolute Gasteiger partial charge is 0.360 e. The number of nitrogens with one attached hydrogen (secondary N) is 1. The minimum absolute atomic E-state index is 0.135. The van der Waals surface area contributed by atoms with Gasteiger partial charge in [-0.05, 0) is 42.7 Å². The minimum atomic E-state index is -0.210. The van der Waals surface area contributed by atoms with Crippen molar-refractivity contribution in [3.8, 4) is 6.07 Å². The molecule has 1 heterocycles. The van der Waals surface area contributed by atoms with E-state index < -0.39 is 0 Å². The molecule has 0 spiro atoms. The van der Waals surface area contributed by atoms with Crippen LogP contribution in [0.4, 0.5) is 5.69 Å². The molecule has 2 aromatic carbocycles. The fraction of sp³-hybridized carbons (Fsp3) is 0.304. The number of nitriles is 1. The lowest BCUT2D eigenvalue weighted by molar-refractivity contribution is -0.128. The van der Waals surface area contributed by atoms with Crippen molar-refractivity contribution >= 4 is 11.6 Å². The van der Waals surface area contributed by atoms with E-state index in [1.54, 1.807) is 4.90 Å². The third-order valence-electron chi connectivity index (χ3n) is 4.86. The smallest absolute Gasteiger partial charge is 0.266 e. The van der Waals surface area contributed by atoms with E-state index in [4.69, 9.17) is 0 Å². The standard InChI is InChI=1S/C23H26N4O/c1-18-12-19(2)14-22(13-18)25-16-21(15-24)23(28)27-10-8-26(9-11-27)17-20-6-4-3-5-7-20/h3-7,12-14,16,25H,8-11,17H2,1-2H3/b21-16-. The van der Waals surface area contributed by atoms with Gasteiger partial charge >= 0.3 is 0 Å². The van der Waals surface area contributed by atoms with E-state index in [1.807, 2.05) is 50.2 Å². The minimum Gasteiger partial charge on any atom is -0.360 e. The molecule has 0 bridgehead atoms. The first-order valence-electron chi connectivity index (χ1n) is 9.56. The molecule has 28 heavy (non-hydrogen) atoms. The van der Waals surface area contributed by atoms with Crippen molar-refractivity contribution < 1.29 is 4.79 Å². The Morgan fingerprint density at radius 2 is 1.71 bits per heavy atom. The molecule has 144 valence electrons. The fourth-order valence-electron chi connectivity index (χ4n) is 3.48. The van der Waals surface area contributed by atoms with Crippen LogP contribution in [0.2, 0.25) is 0 Å². The molecule has 1 aliphatic rings. The molecule has 0 aromatic heterocycles. The number of carbonyl (C=O) groups is 1. The van der Waals surface area contributed by atoms with Crippen molar-refractivity contribution in [1.82, 2.24) is 9.80 Å². The lowest BCUT2D eigenvalue weighted by atomic mass is 10.1. The maximum Gasteiger partial charge on any atom is 0.266 e. The van der Waals surface area contributed by atoms with E-state index in [1.165, 1.54) is 11.8 Å². The van der Waals surface area contributed by atoms with E-state index in [9.17, 15) is 10.1 Å². The maximum absolute atomic E-state index is 12.7. The summed E-state index contributed by atoms with van der Waals surface area (Å²) in [7, 11) is 0. The Labute approximate surface area is 166 Å². The summed E-state index contributed by atoms with van der Waals surface area (Å²) >= 11 is 0. The Kier molecular flexibility index (Phi) is 6.46. The summed E-state index contributed by atoms with van der Waals surface area (Å²) in [5.41, 5.74) is 4.56. The molecule has 0 aliphatic carbocycles. The lowest BCUT2D eigenvalue weighted by Crippen LogP contribution is -2.48. The topological polar surface area (TPSA) is 59.4 Å². The van der Waals surface area contributed by atoms with E-state index >= 15 is 0 Å². The van der Waals surface area contributed by atoms with Crippen LogP contribution in [0, 0.1) is 25.2 Å². The Morgan fingerprint density at radius 1 is 1.07 bits per heavy atom. The van der Waals surface area contributed by atoms with Crippen molar-refractivity contribution in [2.45, 2.75) is 20.4 Å². The third kappa shape index (κ3) is 5.21. The van der Waals surface area contributed by atoms with Crippen LogP contribution < -0.4 is 5.32 Å². The average Bonchev–Trinajstić information content (AvgIpc) is 2.69. The monoisotopic (exact) mass is 374 g/mol. The molecule has 1 aliphatic heterocycles. The summed E-state index contributed by atoms with van der Waals surface area (Å²) < 4.78 is 0. The molecule has 0 atom stereocenters. The summed E-state index contributed by atoms with van der Waals surface area (Å²) in [5, 5.41) is 12.5. The van der Waals surface area contributed by atoms with Crippen LogP contribution in [0.15, 0.2) is 60.3 Å². The van der Waals surface area contributed by atoms with Crippen molar-refractivity contribution in [3.63, 3.8) is 0 Å². The van der Waals surface area contributed by atoms with Crippen molar-refractivity contribution in [3.05, 3.63) is 77.0 Å². The van der Waals surface area contributed by atoms with Crippen LogP contribution in [0.1, 0.15) is 16.7 Å². The highest BCUT2D eigenvalue weighted by Gasteiger charge is 2.23. The fourth-order valence-corrected chi connectivity index (χ4v) is 3.48. The van der Waals surface area contributed by atoms with Crippen LogP contribution in [-0.2, 0) is 11.3 Å². The van der Waals surface area contributed by atoms with Crippen LogP contribution in [0.5, 0.6) is 0 Å². The highest BCUT2D eigenvalue weighted by atomic mass is 16.2. The normalized spacial score (nSPS) is 15.2. The van der Waals surface area contributed by atoms with Gasteiger partial charge in [-0.25, -0.2) is 0 Å². The van der Waals surface area contributed by atoms with Crippen LogP contribution in [0.25, 0.3) is 0 Å². The van der Waals surface area contributed by atoms with Crippen molar-refractivity contribution in [1.29, 1.82) is 5.26 Å². The average molecular weight is 374 g/mol. The maximum atomic E-state index is 12.7. The molecule has 1 amide bonds. The molecule has 0 unspecified atom stereocenters. The van der Waals surface area contributed by atoms with Crippen molar-refractivity contribution in [2.24, 2.45) is 0 Å². The quantitative estimate of drug-likeness (QED) is 0.643. The zero-order valence-corrected chi connectivity index (χ0v) is 16.5. The molecule has 0 radical (unpaired) electrons. The molecule has 0 saturated carbocycles. The zero-order valence-electron chi connectivity index (χ0n) is 16.5. The van der Waals surface area contributed by atoms with Gasteiger partial charge in [-0.3, -0.25) is 9.69 Å². The molecule has 1 fully saturated rings. The van der Waals surface area contributed by atoms with Gasteiger partial charge in [0.15, 0.2) is 0 Å². The highest BCUT2D eigenvalue weighted by molar-refractivity contribution is 5.97. The van der Waals surface area contributed by atoms with Gasteiger partial charge in [0.1, 0.15) is 11.6 Å². The molecule has 5 heteroatoms. The van der Waals surface area contributed by atoms with Gasteiger partial charge in [0.25, 0.3) is 5.91 Å². The first kappa shape index (κ1) is 19.7. The van der Waals surface area contributed by atoms with Crippen molar-refractivity contribution in [2.75, 3.05) is 31.5 Å². The first-order valence-corrected chi connectivity index (χ1v) is 9.56. The van der Waals surface area contributed by atoms with E-state index in [-0.39, 0.29) is 11.5 Å². The van der Waals surface area contributed by atoms with Gasteiger partial charge in [-0.1, -0.05) is 36.4 Å². The summed E-state index contributed by atoms with van der Waals surface area (Å²) in [6, 6.07) is 18.4. The number of hydrogen-bond donors (Lipinski definition) is 1. The van der Waals surface area contributed by atoms with E-state index in [2.05, 4.69) is 28.4 Å². The Morgan fingerprint density at radius 3 is 2.32 bits per heavy atom. The summed E-state index contributed by atoms with van der Waals surface area (Å²) in [4.78, 5) is 16.8. The van der Waals surface area contributed by atoms with Crippen LogP contribution >= 0.6 is 0 Å². The predicted octanol–water partition coefficient (Wildman–Crippen LogP) is 3.47. The Hall–Kier alpha value is -3.10. The third-order valence-corrected chi connectivity index (χ3v) is 4.86. The highest BCUT2D eigenvalue weighted by Crippen LogP contribution is 2.15. The van der Waals surface area contributed by atoms with Crippen LogP contribution in [-0.4, -0.2) is 41.9 Å². The predicted molar refractivity (Wildman–Crippen MR) is 112 cm³/mol. The SMILES string of the molecule is Cc1cc(C)cc(N/C=C(/C#N)C(=O)N2CCN(Cc3ccccc3)CC2)c1. The van der Waals surface area contributed by atoms with Gasteiger partial charge in [0, 0.05) is 44.6 Å². The summed E-state index contributed by atoms with van der Waals surface area (Å²) in [6.07, 6.45) is 1.52. The molecule has 1 saturated heterocycles. The number of aryl methyl sites for hydroxylation is 2. The number of benzene rings is 2. The number of anilines is 1. The van der Waals surface area contributed by atoms with Gasteiger partial charge in [0.05, 0.1) is 0 Å². The van der Waals surface area contributed by atoms with Gasteiger partial charge in [-0.15, -0.1) is 0 Å². The lowest BCUT2D eigenvalue weighted by Gasteiger charge is -2.34. The van der Waals surface area contributed by atoms with E-state index in [0.29, 0.717) is 13.1 Å². The number of carbonyl (C=O) groups excluding carboxylic acids is 1. The molecule has 5 nitrogen and oxygen atoms in total. The number of rotatable bonds is 5. The molecular weight excluding hydrogens is 348 g/mol. The molecule has 1 N–H and O–H groups in total. The van der Waals surface area contributed by atoms with Gasteiger partial charge in [0.2, 0.25) is 0 Å². The second kappa shape index (κ2) is 9.20.